The molecule has 0 aliphatic carbocycles. The molecule has 0 saturated carbocycles. The number of alkyl halides is 2. The van der Waals surface area contributed by atoms with Crippen LogP contribution in [0.1, 0.15) is 12.1 Å². The highest BCUT2D eigenvalue weighted by Gasteiger charge is 2.42. The normalized spacial score (nSPS) is 21.2. The average Bonchev–Trinajstić information content (AvgIpc) is 2.93. The second-order valence-corrected chi connectivity index (χ2v) is 4.83. The summed E-state index contributed by atoms with van der Waals surface area (Å²) in [4.78, 5) is 15.9. The number of pyridine rings is 1. The number of nitrogens with zero attached hydrogens (tertiary/aromatic N) is 2. The Morgan fingerprint density at radius 2 is 2.40 bits per heavy atom. The van der Waals surface area contributed by atoms with E-state index >= 15 is 0 Å². The molecule has 106 valence electrons. The molecule has 1 amide bonds. The second kappa shape index (κ2) is 4.48. The first-order chi connectivity index (χ1) is 9.44. The molecule has 1 aliphatic rings. The van der Waals surface area contributed by atoms with Gasteiger partial charge in [0.05, 0.1) is 35.6 Å². The minimum Gasteiger partial charge on any atom is -0.336 e. The summed E-state index contributed by atoms with van der Waals surface area (Å²) in [5, 5.41) is 9.49. The number of fused-ring (bicyclic) bond motifs is 1. The standard InChI is InChI=1S/C12H12F2N4O2/c1-6-8-2-7(4-15-11(8)20-18-6)17-10(19)9-3-12(13,14)5-16-9/h2,4,9,16H,3,5H2,1H3,(H,17,19). The van der Waals surface area contributed by atoms with E-state index in [1.807, 2.05) is 0 Å². The summed E-state index contributed by atoms with van der Waals surface area (Å²) in [6.07, 6.45) is 0.902. The molecule has 3 rings (SSSR count). The number of hydrogen-bond donors (Lipinski definition) is 2. The number of rotatable bonds is 2. The van der Waals surface area contributed by atoms with Gasteiger partial charge < -0.3 is 9.84 Å². The zero-order valence-corrected chi connectivity index (χ0v) is 10.6. The Hall–Kier alpha value is -2.09. The molecule has 20 heavy (non-hydrogen) atoms. The topological polar surface area (TPSA) is 80.1 Å². The first-order valence-electron chi connectivity index (χ1n) is 6.09. The number of aromatic nitrogens is 2. The molecule has 0 aromatic carbocycles. The smallest absolute Gasteiger partial charge is 0.262 e. The highest BCUT2D eigenvalue weighted by molar-refractivity contribution is 5.96. The van der Waals surface area contributed by atoms with Crippen LogP contribution in [0.15, 0.2) is 16.8 Å². The second-order valence-electron chi connectivity index (χ2n) is 4.83. The van der Waals surface area contributed by atoms with Crippen molar-refractivity contribution in [1.82, 2.24) is 15.5 Å². The molecule has 6 nitrogen and oxygen atoms in total. The summed E-state index contributed by atoms with van der Waals surface area (Å²) in [5.74, 6) is -3.34. The van der Waals surface area contributed by atoms with Gasteiger partial charge in [-0.3, -0.25) is 10.1 Å². The highest BCUT2D eigenvalue weighted by Crippen LogP contribution is 2.26. The van der Waals surface area contributed by atoms with Crippen LogP contribution in [0.3, 0.4) is 0 Å². The summed E-state index contributed by atoms with van der Waals surface area (Å²) in [5.41, 5.74) is 1.44. The zero-order valence-electron chi connectivity index (χ0n) is 10.6. The molecule has 1 saturated heterocycles. The first kappa shape index (κ1) is 12.9. The summed E-state index contributed by atoms with van der Waals surface area (Å²) in [7, 11) is 0. The maximum atomic E-state index is 13.0. The maximum absolute atomic E-state index is 13.0. The number of anilines is 1. The molecule has 1 unspecified atom stereocenters. The van der Waals surface area contributed by atoms with Crippen molar-refractivity contribution in [2.24, 2.45) is 0 Å². The minimum atomic E-state index is -2.84. The number of hydrogen-bond acceptors (Lipinski definition) is 5. The lowest BCUT2D eigenvalue weighted by Gasteiger charge is -2.10. The molecule has 1 fully saturated rings. The fourth-order valence-electron chi connectivity index (χ4n) is 2.14. The quantitative estimate of drug-likeness (QED) is 0.871. The first-order valence-corrected chi connectivity index (χ1v) is 6.09. The molecule has 3 heterocycles. The molecule has 0 radical (unpaired) electrons. The average molecular weight is 282 g/mol. The van der Waals surface area contributed by atoms with Crippen LogP contribution < -0.4 is 10.6 Å². The van der Waals surface area contributed by atoms with Crippen molar-refractivity contribution >= 4 is 22.7 Å². The predicted octanol–water partition coefficient (Wildman–Crippen LogP) is 1.47. The monoisotopic (exact) mass is 282 g/mol. The molecule has 1 aliphatic heterocycles. The van der Waals surface area contributed by atoms with Gasteiger partial charge in [0.25, 0.3) is 11.6 Å². The highest BCUT2D eigenvalue weighted by atomic mass is 19.3. The molecular formula is C12H12F2N4O2. The number of aryl methyl sites for hydroxylation is 1. The van der Waals surface area contributed by atoms with E-state index in [1.54, 1.807) is 13.0 Å². The zero-order chi connectivity index (χ0) is 14.3. The molecule has 2 aromatic rings. The van der Waals surface area contributed by atoms with Crippen LogP contribution in [0, 0.1) is 6.92 Å². The van der Waals surface area contributed by atoms with Gasteiger partial charge in [0.15, 0.2) is 0 Å². The molecule has 2 aromatic heterocycles. The summed E-state index contributed by atoms with van der Waals surface area (Å²) in [6, 6.07) is 0.753. The van der Waals surface area contributed by atoms with Crippen LogP contribution in [-0.2, 0) is 4.79 Å². The van der Waals surface area contributed by atoms with Crippen LogP contribution >= 0.6 is 0 Å². The third-order valence-corrected chi connectivity index (χ3v) is 3.20. The third-order valence-electron chi connectivity index (χ3n) is 3.20. The largest absolute Gasteiger partial charge is 0.336 e. The third kappa shape index (κ3) is 2.34. The Bertz CT molecular complexity index is 671. The fourth-order valence-corrected chi connectivity index (χ4v) is 2.14. The molecule has 0 spiro atoms. The van der Waals surface area contributed by atoms with E-state index in [4.69, 9.17) is 4.52 Å². The Morgan fingerprint density at radius 1 is 1.60 bits per heavy atom. The molecule has 2 N–H and O–H groups in total. The van der Waals surface area contributed by atoms with Gasteiger partial charge in [0.1, 0.15) is 0 Å². The van der Waals surface area contributed by atoms with E-state index in [0.29, 0.717) is 22.5 Å². The van der Waals surface area contributed by atoms with Gasteiger partial charge in [-0.2, -0.15) is 0 Å². The number of carbonyl (C=O) groups is 1. The number of amides is 1. The lowest BCUT2D eigenvalue weighted by atomic mass is 10.2. The SMILES string of the molecule is Cc1noc2ncc(NC(=O)C3CC(F)(F)CN3)cc12. The minimum absolute atomic E-state index is 0.367. The summed E-state index contributed by atoms with van der Waals surface area (Å²) in [6.45, 7) is 1.27. The van der Waals surface area contributed by atoms with E-state index in [2.05, 4.69) is 20.8 Å². The van der Waals surface area contributed by atoms with Crippen molar-refractivity contribution in [3.8, 4) is 0 Å². The van der Waals surface area contributed by atoms with Gasteiger partial charge >= 0.3 is 0 Å². The van der Waals surface area contributed by atoms with Gasteiger partial charge in [-0.05, 0) is 13.0 Å². The van der Waals surface area contributed by atoms with Gasteiger partial charge in [0, 0.05) is 6.42 Å². The van der Waals surface area contributed by atoms with Crippen molar-refractivity contribution in [2.45, 2.75) is 25.3 Å². The van der Waals surface area contributed by atoms with Crippen LogP contribution in [-0.4, -0.2) is 34.6 Å². The molecule has 8 heteroatoms. The van der Waals surface area contributed by atoms with Crippen molar-refractivity contribution in [1.29, 1.82) is 0 Å². The lowest BCUT2D eigenvalue weighted by Crippen LogP contribution is -2.35. The van der Waals surface area contributed by atoms with E-state index in [0.717, 1.165) is 0 Å². The van der Waals surface area contributed by atoms with Gasteiger partial charge in [0.2, 0.25) is 5.91 Å². The van der Waals surface area contributed by atoms with Gasteiger partial charge in [-0.25, -0.2) is 13.8 Å². The van der Waals surface area contributed by atoms with Crippen LogP contribution in [0.4, 0.5) is 14.5 Å². The van der Waals surface area contributed by atoms with Crippen molar-refractivity contribution in [3.05, 3.63) is 18.0 Å². The Balaban J connectivity index is 1.76. The van der Waals surface area contributed by atoms with Crippen LogP contribution in [0.5, 0.6) is 0 Å². The van der Waals surface area contributed by atoms with Crippen molar-refractivity contribution in [2.75, 3.05) is 11.9 Å². The number of carbonyl (C=O) groups excluding carboxylic acids is 1. The van der Waals surface area contributed by atoms with Crippen LogP contribution in [0.2, 0.25) is 0 Å². The van der Waals surface area contributed by atoms with Crippen molar-refractivity contribution in [3.63, 3.8) is 0 Å². The molecule has 0 bridgehead atoms. The fraction of sp³-hybridized carbons (Fsp3) is 0.417. The number of halogens is 2. The van der Waals surface area contributed by atoms with Gasteiger partial charge in [-0.15, -0.1) is 0 Å². The van der Waals surface area contributed by atoms with E-state index < -0.39 is 30.8 Å². The maximum Gasteiger partial charge on any atom is 0.262 e. The number of nitrogens with one attached hydrogen (secondary N) is 2. The van der Waals surface area contributed by atoms with E-state index in [-0.39, 0.29) is 0 Å². The van der Waals surface area contributed by atoms with Crippen LogP contribution in [0.25, 0.3) is 11.1 Å². The Labute approximate surface area is 112 Å². The van der Waals surface area contributed by atoms with Gasteiger partial charge in [-0.1, -0.05) is 5.16 Å². The van der Waals surface area contributed by atoms with E-state index in [1.165, 1.54) is 6.20 Å². The Morgan fingerprint density at radius 3 is 3.10 bits per heavy atom. The molecular weight excluding hydrogens is 270 g/mol. The molecule has 1 atom stereocenters. The summed E-state index contributed by atoms with van der Waals surface area (Å²) < 4.78 is 31.0. The Kier molecular flexibility index (Phi) is 2.89. The summed E-state index contributed by atoms with van der Waals surface area (Å²) >= 11 is 0. The lowest BCUT2D eigenvalue weighted by molar-refractivity contribution is -0.118. The predicted molar refractivity (Wildman–Crippen MR) is 66.5 cm³/mol. The van der Waals surface area contributed by atoms with Crippen molar-refractivity contribution < 1.29 is 18.1 Å². The van der Waals surface area contributed by atoms with E-state index in [9.17, 15) is 13.6 Å².